The highest BCUT2D eigenvalue weighted by Crippen LogP contribution is 2.36. The van der Waals surface area contributed by atoms with Crippen molar-refractivity contribution >= 4 is 26.5 Å². The minimum Gasteiger partial charge on any atom is -0.296 e. The Balaban J connectivity index is 3.46. The minimum absolute atomic E-state index is 0.410. The summed E-state index contributed by atoms with van der Waals surface area (Å²) in [5, 5.41) is 0. The zero-order valence-electron chi connectivity index (χ0n) is 13.6. The summed E-state index contributed by atoms with van der Waals surface area (Å²) < 4.78 is 15.1. The van der Waals surface area contributed by atoms with Crippen LogP contribution in [0.15, 0.2) is 12.1 Å². The van der Waals surface area contributed by atoms with Crippen LogP contribution in [0.3, 0.4) is 0 Å². The van der Waals surface area contributed by atoms with Crippen molar-refractivity contribution in [2.75, 3.05) is 11.0 Å². The van der Waals surface area contributed by atoms with Gasteiger partial charge in [0.15, 0.2) is 10.0 Å². The lowest BCUT2D eigenvalue weighted by Crippen LogP contribution is -2.09. The molecule has 1 aromatic carbocycles. The predicted octanol–water partition coefficient (Wildman–Crippen LogP) is 5.41. The Hall–Kier alpha value is -0.480. The summed E-state index contributed by atoms with van der Waals surface area (Å²) in [5.41, 5.74) is 4.95. The van der Waals surface area contributed by atoms with Crippen molar-refractivity contribution in [3.05, 3.63) is 28.8 Å². The third-order valence-electron chi connectivity index (χ3n) is 3.47. The Bertz CT molecular complexity index is 452. The zero-order chi connectivity index (χ0) is 15.4. The van der Waals surface area contributed by atoms with E-state index in [2.05, 4.69) is 58.4 Å². The maximum Gasteiger partial charge on any atom is 0.179 e. The van der Waals surface area contributed by atoms with Crippen molar-refractivity contribution in [1.82, 2.24) is 0 Å². The standard InChI is InChI=1S/C16H27NOS2/c1-10(2)13-8-14(11(3)4)16(17-20(18)19-7)15(9-13)12(5)6/h8-12,17H,1-7H3. The molecule has 0 amide bonds. The predicted molar refractivity (Wildman–Crippen MR) is 94.0 cm³/mol. The topological polar surface area (TPSA) is 29.1 Å². The van der Waals surface area contributed by atoms with Crippen LogP contribution in [-0.2, 0) is 10.0 Å². The number of nitrogens with one attached hydrogen (secondary N) is 1. The Morgan fingerprint density at radius 1 is 0.950 bits per heavy atom. The average molecular weight is 314 g/mol. The molecule has 0 spiro atoms. The number of hydrogen-bond acceptors (Lipinski definition) is 2. The fraction of sp³-hybridized carbons (Fsp3) is 0.625. The van der Waals surface area contributed by atoms with Gasteiger partial charge in [0.05, 0.1) is 5.69 Å². The van der Waals surface area contributed by atoms with Crippen LogP contribution >= 0.6 is 10.8 Å². The molecule has 1 unspecified atom stereocenters. The molecular formula is C16H27NOS2. The first-order valence-electron chi connectivity index (χ1n) is 7.18. The fourth-order valence-electron chi connectivity index (χ4n) is 2.20. The molecule has 0 aliphatic heterocycles. The summed E-state index contributed by atoms with van der Waals surface area (Å²) in [7, 11) is 0.250. The molecule has 20 heavy (non-hydrogen) atoms. The molecule has 1 N–H and O–H groups in total. The number of rotatable bonds is 6. The van der Waals surface area contributed by atoms with E-state index < -0.39 is 10.0 Å². The Morgan fingerprint density at radius 3 is 1.70 bits per heavy atom. The second-order valence-electron chi connectivity index (χ2n) is 6.04. The first-order valence-corrected chi connectivity index (χ1v) is 10.1. The van der Waals surface area contributed by atoms with Crippen LogP contribution in [0, 0.1) is 0 Å². The summed E-state index contributed by atoms with van der Waals surface area (Å²) in [6.45, 7) is 13.2. The van der Waals surface area contributed by atoms with Crippen LogP contribution in [0.1, 0.15) is 76.0 Å². The van der Waals surface area contributed by atoms with Gasteiger partial charge in [0.1, 0.15) is 0 Å². The highest BCUT2D eigenvalue weighted by atomic mass is 33.1. The van der Waals surface area contributed by atoms with E-state index in [0.717, 1.165) is 5.69 Å². The van der Waals surface area contributed by atoms with Crippen molar-refractivity contribution in [1.29, 1.82) is 0 Å². The summed E-state index contributed by atoms with van der Waals surface area (Å²) in [6, 6.07) is 4.53. The lowest BCUT2D eigenvalue weighted by molar-refractivity contribution is 0.694. The van der Waals surface area contributed by atoms with E-state index in [1.165, 1.54) is 27.5 Å². The average Bonchev–Trinajstić information content (AvgIpc) is 2.37. The largest absolute Gasteiger partial charge is 0.296 e. The van der Waals surface area contributed by atoms with Crippen molar-refractivity contribution in [3.63, 3.8) is 0 Å². The first kappa shape index (κ1) is 17.6. The molecule has 0 aromatic heterocycles. The monoisotopic (exact) mass is 313 g/mol. The summed E-state index contributed by atoms with van der Waals surface area (Å²) >= 11 is 0. The van der Waals surface area contributed by atoms with Crippen LogP contribution in [0.5, 0.6) is 0 Å². The van der Waals surface area contributed by atoms with E-state index in [1.807, 2.05) is 6.26 Å². The third-order valence-corrected chi connectivity index (χ3v) is 5.30. The van der Waals surface area contributed by atoms with Gasteiger partial charge >= 0.3 is 0 Å². The highest BCUT2D eigenvalue weighted by molar-refractivity contribution is 8.69. The molecule has 1 rings (SSSR count). The van der Waals surface area contributed by atoms with Gasteiger partial charge in [0, 0.05) is 0 Å². The first-order chi connectivity index (χ1) is 9.27. The molecule has 2 nitrogen and oxygen atoms in total. The highest BCUT2D eigenvalue weighted by Gasteiger charge is 2.18. The van der Waals surface area contributed by atoms with Crippen LogP contribution in [-0.4, -0.2) is 10.5 Å². The normalized spacial score (nSPS) is 13.3. The van der Waals surface area contributed by atoms with Crippen LogP contribution in [0.4, 0.5) is 5.69 Å². The van der Waals surface area contributed by atoms with E-state index in [1.54, 1.807) is 0 Å². The second-order valence-corrected chi connectivity index (χ2v) is 8.96. The van der Waals surface area contributed by atoms with Crippen LogP contribution in [0.25, 0.3) is 0 Å². The molecule has 0 aliphatic carbocycles. The maximum absolute atomic E-state index is 11.9. The Morgan fingerprint density at radius 2 is 1.40 bits per heavy atom. The minimum atomic E-state index is -1.08. The molecule has 0 saturated carbocycles. The molecule has 1 aromatic rings. The molecule has 0 heterocycles. The van der Waals surface area contributed by atoms with Gasteiger partial charge in [-0.2, -0.15) is 0 Å². The Kier molecular flexibility index (Phi) is 6.59. The SMILES string of the molecule is CSS(=O)Nc1c(C(C)C)cc(C(C)C)cc1C(C)C. The quantitative estimate of drug-likeness (QED) is 0.711. The molecule has 1 atom stereocenters. The lowest BCUT2D eigenvalue weighted by Gasteiger charge is -2.23. The molecule has 0 saturated heterocycles. The summed E-state index contributed by atoms with van der Waals surface area (Å²) in [4.78, 5) is 0. The van der Waals surface area contributed by atoms with Gasteiger partial charge in [0.25, 0.3) is 0 Å². The van der Waals surface area contributed by atoms with Gasteiger partial charge in [-0.15, -0.1) is 0 Å². The summed E-state index contributed by atoms with van der Waals surface area (Å²) in [6.07, 6.45) is 1.86. The van der Waals surface area contributed by atoms with Gasteiger partial charge in [-0.05, 0) is 51.5 Å². The van der Waals surface area contributed by atoms with Crippen molar-refractivity contribution in [2.45, 2.75) is 59.3 Å². The number of benzene rings is 1. The molecular weight excluding hydrogens is 286 g/mol. The summed E-state index contributed by atoms with van der Waals surface area (Å²) in [5.74, 6) is 1.32. The van der Waals surface area contributed by atoms with Crippen LogP contribution < -0.4 is 4.72 Å². The van der Waals surface area contributed by atoms with Gasteiger partial charge in [-0.25, -0.2) is 4.21 Å². The molecule has 114 valence electrons. The fourth-order valence-corrected chi connectivity index (χ4v) is 3.18. The zero-order valence-corrected chi connectivity index (χ0v) is 15.2. The Labute approximate surface area is 130 Å². The molecule has 0 fully saturated rings. The van der Waals surface area contributed by atoms with Gasteiger partial charge in [0.2, 0.25) is 0 Å². The number of anilines is 1. The molecule has 0 radical (unpaired) electrons. The van der Waals surface area contributed by atoms with E-state index in [4.69, 9.17) is 0 Å². The van der Waals surface area contributed by atoms with Gasteiger partial charge < -0.3 is 0 Å². The van der Waals surface area contributed by atoms with Crippen LogP contribution in [0.2, 0.25) is 0 Å². The van der Waals surface area contributed by atoms with E-state index in [-0.39, 0.29) is 0 Å². The third kappa shape index (κ3) is 4.26. The molecule has 4 heteroatoms. The smallest absolute Gasteiger partial charge is 0.179 e. The van der Waals surface area contributed by atoms with Gasteiger partial charge in [-0.1, -0.05) is 53.7 Å². The second kappa shape index (κ2) is 7.51. The van der Waals surface area contributed by atoms with E-state index >= 15 is 0 Å². The van der Waals surface area contributed by atoms with Crippen molar-refractivity contribution in [2.24, 2.45) is 0 Å². The van der Waals surface area contributed by atoms with Gasteiger partial charge in [-0.3, -0.25) is 4.72 Å². The maximum atomic E-state index is 11.9. The lowest BCUT2D eigenvalue weighted by atomic mass is 9.88. The van der Waals surface area contributed by atoms with Crippen molar-refractivity contribution < 1.29 is 4.21 Å². The number of hydrogen-bond donors (Lipinski definition) is 1. The van der Waals surface area contributed by atoms with E-state index in [9.17, 15) is 4.21 Å². The van der Waals surface area contributed by atoms with Crippen molar-refractivity contribution in [3.8, 4) is 0 Å². The van der Waals surface area contributed by atoms with E-state index in [0.29, 0.717) is 17.8 Å². The molecule has 0 aliphatic rings. The molecule has 0 bridgehead atoms.